The monoisotopic (exact) mass is 388 g/mol. The Labute approximate surface area is 158 Å². The van der Waals surface area contributed by atoms with E-state index in [2.05, 4.69) is 27.4 Å². The van der Waals surface area contributed by atoms with Gasteiger partial charge in [0, 0.05) is 52.2 Å². The molecule has 7 nitrogen and oxygen atoms in total. The fraction of sp³-hybridized carbons (Fsp3) is 0.944. The van der Waals surface area contributed by atoms with Gasteiger partial charge in [-0.15, -0.1) is 0 Å². The lowest BCUT2D eigenvalue weighted by Crippen LogP contribution is -2.55. The zero-order valence-electron chi connectivity index (χ0n) is 16.6. The van der Waals surface area contributed by atoms with Crippen LogP contribution in [0.3, 0.4) is 0 Å². The van der Waals surface area contributed by atoms with Crippen LogP contribution in [-0.2, 0) is 14.6 Å². The van der Waals surface area contributed by atoms with Crippen molar-refractivity contribution in [2.45, 2.75) is 56.2 Å². The largest absolute Gasteiger partial charge is 0.381 e. The molecular weight excluding hydrogens is 352 g/mol. The van der Waals surface area contributed by atoms with Gasteiger partial charge in [-0.05, 0) is 38.6 Å². The molecule has 0 atom stereocenters. The van der Waals surface area contributed by atoms with Crippen LogP contribution in [0.25, 0.3) is 0 Å². The summed E-state index contributed by atoms with van der Waals surface area (Å²) in [5.41, 5.74) is 0. The number of rotatable bonds is 7. The normalized spacial score (nSPS) is 23.0. The Morgan fingerprint density at radius 2 is 1.92 bits per heavy atom. The third kappa shape index (κ3) is 5.82. The molecule has 0 spiro atoms. The maximum atomic E-state index is 12.4. The first-order valence-corrected chi connectivity index (χ1v) is 11.8. The lowest BCUT2D eigenvalue weighted by Gasteiger charge is -2.37. The Morgan fingerprint density at radius 1 is 1.27 bits per heavy atom. The van der Waals surface area contributed by atoms with Crippen molar-refractivity contribution in [2.75, 3.05) is 52.7 Å². The van der Waals surface area contributed by atoms with Crippen LogP contribution >= 0.6 is 0 Å². The van der Waals surface area contributed by atoms with Gasteiger partial charge in [-0.3, -0.25) is 4.99 Å². The number of nitrogens with one attached hydrogen (secondary N) is 2. The van der Waals surface area contributed by atoms with Crippen molar-refractivity contribution in [3.8, 4) is 0 Å². The van der Waals surface area contributed by atoms with Crippen molar-refractivity contribution >= 4 is 15.8 Å². The van der Waals surface area contributed by atoms with Gasteiger partial charge in [-0.2, -0.15) is 0 Å². The van der Waals surface area contributed by atoms with Crippen LogP contribution in [0.4, 0.5) is 0 Å². The van der Waals surface area contributed by atoms with Crippen LogP contribution in [0.2, 0.25) is 0 Å². The maximum absolute atomic E-state index is 12.4. The molecule has 2 aliphatic heterocycles. The molecule has 2 aliphatic rings. The fourth-order valence-corrected chi connectivity index (χ4v) is 4.98. The first kappa shape index (κ1) is 21.4. The van der Waals surface area contributed by atoms with Crippen LogP contribution in [0.5, 0.6) is 0 Å². The highest BCUT2D eigenvalue weighted by molar-refractivity contribution is 7.92. The molecular formula is C18H36N4O3S. The average molecular weight is 389 g/mol. The topological polar surface area (TPSA) is 83.0 Å². The fourth-order valence-electron chi connectivity index (χ4n) is 3.74. The molecule has 2 N–H and O–H groups in total. The summed E-state index contributed by atoms with van der Waals surface area (Å²) in [5, 5.41) is 6.75. The molecule has 26 heavy (non-hydrogen) atoms. The first-order chi connectivity index (χ1) is 12.4. The van der Waals surface area contributed by atoms with E-state index in [1.807, 2.05) is 0 Å². The van der Waals surface area contributed by atoms with Crippen LogP contribution in [0, 0.1) is 0 Å². The summed E-state index contributed by atoms with van der Waals surface area (Å²) >= 11 is 0. The third-order valence-electron chi connectivity index (χ3n) is 5.75. The Bertz CT molecular complexity index is 551. The van der Waals surface area contributed by atoms with Gasteiger partial charge in [0.25, 0.3) is 0 Å². The van der Waals surface area contributed by atoms with E-state index in [9.17, 15) is 8.42 Å². The van der Waals surface area contributed by atoms with Gasteiger partial charge in [0.15, 0.2) is 15.8 Å². The van der Waals surface area contributed by atoms with E-state index in [0.29, 0.717) is 44.6 Å². The smallest absolute Gasteiger partial charge is 0.191 e. The number of likely N-dealkylation sites (tertiary alicyclic amines) is 1. The van der Waals surface area contributed by atoms with Crippen molar-refractivity contribution < 1.29 is 13.2 Å². The molecule has 0 aromatic carbocycles. The van der Waals surface area contributed by atoms with Gasteiger partial charge in [0.05, 0.1) is 4.75 Å². The average Bonchev–Trinajstić information content (AvgIpc) is 2.64. The zero-order chi connectivity index (χ0) is 19.0. The molecule has 2 saturated heterocycles. The lowest BCUT2D eigenvalue weighted by atomic mass is 9.99. The quantitative estimate of drug-likeness (QED) is 0.500. The third-order valence-corrected chi connectivity index (χ3v) is 7.87. The van der Waals surface area contributed by atoms with Crippen LogP contribution in [0.15, 0.2) is 4.99 Å². The van der Waals surface area contributed by atoms with Crippen LogP contribution < -0.4 is 10.6 Å². The predicted octanol–water partition coefficient (Wildman–Crippen LogP) is 1.01. The number of hydrogen-bond acceptors (Lipinski definition) is 5. The molecule has 2 fully saturated rings. The summed E-state index contributed by atoms with van der Waals surface area (Å²) in [6, 6.07) is 0.392. The van der Waals surface area contributed by atoms with E-state index in [4.69, 9.17) is 4.74 Å². The number of ether oxygens (including phenoxy) is 1. The van der Waals surface area contributed by atoms with Crippen molar-refractivity contribution in [1.82, 2.24) is 15.5 Å². The molecule has 0 amide bonds. The Morgan fingerprint density at radius 3 is 2.46 bits per heavy atom. The minimum atomic E-state index is -3.17. The summed E-state index contributed by atoms with van der Waals surface area (Å²) in [6.45, 7) is 7.01. The Kier molecular flexibility index (Phi) is 8.16. The highest BCUT2D eigenvalue weighted by Crippen LogP contribution is 2.28. The number of unbranched alkanes of at least 4 members (excludes halogenated alkanes) is 1. The minimum absolute atomic E-state index is 0.379. The van der Waals surface area contributed by atoms with E-state index in [1.54, 1.807) is 7.05 Å². The van der Waals surface area contributed by atoms with Crippen molar-refractivity contribution in [3.63, 3.8) is 0 Å². The second-order valence-electron chi connectivity index (χ2n) is 7.61. The summed E-state index contributed by atoms with van der Waals surface area (Å²) in [6.07, 6.45) is 7.09. The van der Waals surface area contributed by atoms with Crippen LogP contribution in [-0.4, -0.2) is 82.8 Å². The molecule has 0 unspecified atom stereocenters. The molecule has 0 radical (unpaired) electrons. The van der Waals surface area contributed by atoms with Gasteiger partial charge in [-0.1, -0.05) is 13.3 Å². The minimum Gasteiger partial charge on any atom is -0.381 e. The highest BCUT2D eigenvalue weighted by atomic mass is 32.2. The molecule has 0 aromatic rings. The van der Waals surface area contributed by atoms with Crippen molar-refractivity contribution in [1.29, 1.82) is 0 Å². The molecule has 0 aliphatic carbocycles. The molecule has 152 valence electrons. The van der Waals surface area contributed by atoms with Gasteiger partial charge in [-0.25, -0.2) is 8.42 Å². The molecule has 8 heteroatoms. The molecule has 2 rings (SSSR count). The predicted molar refractivity (Wildman–Crippen MR) is 106 cm³/mol. The van der Waals surface area contributed by atoms with E-state index >= 15 is 0 Å². The standard InChI is InChI=1S/C18H36N4O3S/c1-4-5-10-22-11-6-16(7-12-22)21-17(19-2)20-15-18(26(3,23)24)8-13-25-14-9-18/h16H,4-15H2,1-3H3,(H2,19,20,21). The summed E-state index contributed by atoms with van der Waals surface area (Å²) in [4.78, 5) is 6.83. The van der Waals surface area contributed by atoms with E-state index in [-0.39, 0.29) is 0 Å². The summed E-state index contributed by atoms with van der Waals surface area (Å²) < 4.78 is 29.3. The first-order valence-electron chi connectivity index (χ1n) is 9.87. The number of piperidine rings is 1. The van der Waals surface area contributed by atoms with Gasteiger partial charge in [0.2, 0.25) is 0 Å². The SMILES string of the molecule is CCCCN1CCC(NC(=NC)NCC2(S(C)(=O)=O)CCOCC2)CC1. The van der Waals surface area contributed by atoms with E-state index in [1.165, 1.54) is 25.6 Å². The molecule has 0 bridgehead atoms. The maximum Gasteiger partial charge on any atom is 0.191 e. The summed E-state index contributed by atoms with van der Waals surface area (Å²) in [5.74, 6) is 0.700. The molecule has 2 heterocycles. The van der Waals surface area contributed by atoms with Gasteiger partial charge >= 0.3 is 0 Å². The van der Waals surface area contributed by atoms with Gasteiger partial charge < -0.3 is 20.3 Å². The number of aliphatic imine (C=N–C) groups is 1. The van der Waals surface area contributed by atoms with E-state index < -0.39 is 14.6 Å². The molecule has 0 aromatic heterocycles. The van der Waals surface area contributed by atoms with Gasteiger partial charge in [0.1, 0.15) is 0 Å². The number of nitrogens with zero attached hydrogens (tertiary/aromatic N) is 2. The second kappa shape index (κ2) is 9.90. The second-order valence-corrected chi connectivity index (χ2v) is 10.0. The summed E-state index contributed by atoms with van der Waals surface area (Å²) in [7, 11) is -1.43. The zero-order valence-corrected chi connectivity index (χ0v) is 17.4. The Hall–Kier alpha value is -0.860. The van der Waals surface area contributed by atoms with E-state index in [0.717, 1.165) is 25.9 Å². The van der Waals surface area contributed by atoms with Crippen molar-refractivity contribution in [3.05, 3.63) is 0 Å². The number of guanidine groups is 1. The van der Waals surface area contributed by atoms with Crippen LogP contribution in [0.1, 0.15) is 45.4 Å². The highest BCUT2D eigenvalue weighted by Gasteiger charge is 2.42. The van der Waals surface area contributed by atoms with Crippen molar-refractivity contribution in [2.24, 2.45) is 4.99 Å². The lowest BCUT2D eigenvalue weighted by molar-refractivity contribution is 0.0756. The number of hydrogen-bond donors (Lipinski definition) is 2. The molecule has 0 saturated carbocycles. The Balaban J connectivity index is 1.84. The number of sulfone groups is 1.